The van der Waals surface area contributed by atoms with E-state index >= 15 is 0 Å². The van der Waals surface area contributed by atoms with Gasteiger partial charge in [-0.15, -0.1) is 0 Å². The van der Waals surface area contributed by atoms with Crippen molar-refractivity contribution in [2.75, 3.05) is 0 Å². The number of carboxylic acid groups (broad SMARTS) is 2. The van der Waals surface area contributed by atoms with Crippen LogP contribution in [0, 0.1) is 29.6 Å². The van der Waals surface area contributed by atoms with Crippen LogP contribution in [-0.4, -0.2) is 81.2 Å². The van der Waals surface area contributed by atoms with Gasteiger partial charge in [0.1, 0.15) is 24.2 Å². The Morgan fingerprint density at radius 1 is 0.540 bits per heavy atom. The van der Waals surface area contributed by atoms with E-state index < -0.39 is 72.3 Å². The molecule has 50 heavy (non-hydrogen) atoms. The van der Waals surface area contributed by atoms with Gasteiger partial charge in [-0.05, 0) is 68.1 Å². The molecule has 0 heterocycles. The average molecular weight is 713 g/mol. The van der Waals surface area contributed by atoms with E-state index in [-0.39, 0.29) is 49.9 Å². The van der Waals surface area contributed by atoms with Crippen LogP contribution in [0.4, 0.5) is 0 Å². The van der Waals surface area contributed by atoms with Gasteiger partial charge in [-0.1, -0.05) is 88.0 Å². The van der Waals surface area contributed by atoms with Crippen LogP contribution in [0.3, 0.4) is 0 Å². The molecule has 0 rings (SSSR count). The second-order valence-electron chi connectivity index (χ2n) is 15.5. The van der Waals surface area contributed by atoms with Crippen LogP contribution < -0.4 is 21.3 Å². The number of unbranched alkanes of at least 4 members (excludes halogenated alkanes) is 1. The Bertz CT molecular complexity index is 1070. The first-order valence-corrected chi connectivity index (χ1v) is 18.6. The zero-order chi connectivity index (χ0) is 38.6. The first-order chi connectivity index (χ1) is 23.2. The molecule has 7 N–H and O–H groups in total. The molecule has 4 amide bonds. The molecule has 0 saturated heterocycles. The molecule has 0 aliphatic carbocycles. The molecule has 0 aliphatic rings. The van der Waals surface area contributed by atoms with Crippen molar-refractivity contribution in [1.82, 2.24) is 21.3 Å². The van der Waals surface area contributed by atoms with E-state index in [0.717, 1.165) is 25.7 Å². The smallest absolute Gasteiger partial charge is 0.326 e. The first kappa shape index (κ1) is 46.8. The summed E-state index contributed by atoms with van der Waals surface area (Å²) in [6.45, 7) is 17.7. The minimum atomic E-state index is -1.35. The van der Waals surface area contributed by atoms with E-state index in [4.69, 9.17) is 0 Å². The highest BCUT2D eigenvalue weighted by atomic mass is 16.4. The van der Waals surface area contributed by atoms with Crippen LogP contribution in [0.15, 0.2) is 0 Å². The van der Waals surface area contributed by atoms with E-state index in [1.54, 1.807) is 0 Å². The molecule has 0 bridgehead atoms. The molecule has 7 atom stereocenters. The second kappa shape index (κ2) is 24.8. The lowest BCUT2D eigenvalue weighted by Gasteiger charge is -2.27. The van der Waals surface area contributed by atoms with Gasteiger partial charge in [0.15, 0.2) is 0 Å². The number of carbonyl (C=O) groups is 6. The van der Waals surface area contributed by atoms with Crippen molar-refractivity contribution in [3.05, 3.63) is 0 Å². The number of aliphatic hydroxyl groups excluding tert-OH is 1. The molecule has 0 fully saturated rings. The molecule has 0 aromatic carbocycles. The minimum Gasteiger partial charge on any atom is -0.481 e. The molecule has 0 aromatic heterocycles. The molecule has 0 aliphatic heterocycles. The molecular formula is C37H68N4O9. The van der Waals surface area contributed by atoms with Crippen molar-refractivity contribution in [1.29, 1.82) is 0 Å². The number of aliphatic hydroxyl groups is 1. The minimum absolute atomic E-state index is 0.0224. The summed E-state index contributed by atoms with van der Waals surface area (Å²) in [4.78, 5) is 76.3. The van der Waals surface area contributed by atoms with Crippen molar-refractivity contribution in [2.24, 2.45) is 29.6 Å². The van der Waals surface area contributed by atoms with E-state index in [1.165, 1.54) is 6.42 Å². The maximum Gasteiger partial charge on any atom is 0.326 e. The number of aliphatic carboxylic acids is 2. The highest BCUT2D eigenvalue weighted by Gasteiger charge is 2.32. The van der Waals surface area contributed by atoms with Gasteiger partial charge in [0, 0.05) is 6.42 Å². The topological polar surface area (TPSA) is 211 Å². The zero-order valence-corrected chi connectivity index (χ0v) is 32.0. The average Bonchev–Trinajstić information content (AvgIpc) is 2.99. The molecule has 7 unspecified atom stereocenters. The monoisotopic (exact) mass is 712 g/mol. The highest BCUT2D eigenvalue weighted by molar-refractivity contribution is 5.95. The van der Waals surface area contributed by atoms with Crippen LogP contribution in [0.25, 0.3) is 0 Å². The number of hydrogen-bond donors (Lipinski definition) is 7. The summed E-state index contributed by atoms with van der Waals surface area (Å²) in [5, 5.41) is 39.8. The molecule has 290 valence electrons. The summed E-state index contributed by atoms with van der Waals surface area (Å²) >= 11 is 0. The first-order valence-electron chi connectivity index (χ1n) is 18.6. The lowest BCUT2D eigenvalue weighted by Crippen LogP contribution is -2.58. The number of nitrogens with one attached hydrogen (secondary N) is 4. The summed E-state index contributed by atoms with van der Waals surface area (Å²) in [6.07, 6.45) is 4.31. The van der Waals surface area contributed by atoms with Crippen LogP contribution in [0.2, 0.25) is 0 Å². The molecule has 0 spiro atoms. The number of hydrogen-bond acceptors (Lipinski definition) is 7. The van der Waals surface area contributed by atoms with Crippen LogP contribution in [0.1, 0.15) is 139 Å². The van der Waals surface area contributed by atoms with E-state index in [0.29, 0.717) is 18.3 Å². The zero-order valence-electron chi connectivity index (χ0n) is 32.0. The fourth-order valence-corrected chi connectivity index (χ4v) is 5.87. The van der Waals surface area contributed by atoms with Crippen LogP contribution in [0.5, 0.6) is 0 Å². The fraction of sp³-hybridized carbons (Fsp3) is 0.838. The third-order valence-corrected chi connectivity index (χ3v) is 8.71. The Kier molecular flexibility index (Phi) is 23.2. The van der Waals surface area contributed by atoms with Gasteiger partial charge in [0.25, 0.3) is 0 Å². The lowest BCUT2D eigenvalue weighted by atomic mass is 9.91. The van der Waals surface area contributed by atoms with Crippen molar-refractivity contribution < 1.29 is 44.1 Å². The molecule has 0 saturated carbocycles. The number of carboxylic acids is 2. The van der Waals surface area contributed by atoms with Gasteiger partial charge >= 0.3 is 11.9 Å². The van der Waals surface area contributed by atoms with Crippen molar-refractivity contribution in [3.8, 4) is 0 Å². The summed E-state index contributed by atoms with van der Waals surface area (Å²) in [7, 11) is 0. The Labute approximate surface area is 299 Å². The van der Waals surface area contributed by atoms with Crippen LogP contribution in [-0.2, 0) is 28.8 Å². The normalized spacial score (nSPS) is 15.8. The second-order valence-corrected chi connectivity index (χ2v) is 15.5. The molecule has 0 aromatic rings. The van der Waals surface area contributed by atoms with Crippen molar-refractivity contribution in [2.45, 2.75) is 170 Å². The lowest BCUT2D eigenvalue weighted by molar-refractivity contribution is -0.143. The standard InChI is InChI=1S/C37H68N4O9/c1-10-25(8)20-26(9)13-11-12-14-27(42)21-32(43)38-29(17-22(2)3)35(47)39-28(15-16-33(44)45)34(46)40-30(18-23(4)5)36(48)41-31(37(49)50)19-24(6)7/h22-31,42H,10-21H2,1-9H3,(H,38,43)(H,39,47)(H,40,46)(H,41,48)(H,44,45)(H,49,50). The fourth-order valence-electron chi connectivity index (χ4n) is 5.87. The van der Waals surface area contributed by atoms with Gasteiger partial charge in [-0.2, -0.15) is 0 Å². The van der Waals surface area contributed by atoms with Gasteiger partial charge in [-0.25, -0.2) is 4.79 Å². The third-order valence-electron chi connectivity index (χ3n) is 8.71. The maximum absolute atomic E-state index is 13.5. The summed E-state index contributed by atoms with van der Waals surface area (Å²) in [5.74, 6) is -3.99. The van der Waals surface area contributed by atoms with Crippen LogP contribution >= 0.6 is 0 Å². The van der Waals surface area contributed by atoms with Crippen molar-refractivity contribution in [3.63, 3.8) is 0 Å². The summed E-state index contributed by atoms with van der Waals surface area (Å²) in [5.41, 5.74) is 0. The van der Waals surface area contributed by atoms with E-state index in [9.17, 15) is 44.1 Å². The quantitative estimate of drug-likeness (QED) is 0.0601. The summed E-state index contributed by atoms with van der Waals surface area (Å²) < 4.78 is 0. The van der Waals surface area contributed by atoms with E-state index in [2.05, 4.69) is 42.0 Å². The highest BCUT2D eigenvalue weighted by Crippen LogP contribution is 2.21. The predicted octanol–water partition coefficient (Wildman–Crippen LogP) is 4.40. The molecule has 0 radical (unpaired) electrons. The largest absolute Gasteiger partial charge is 0.481 e. The van der Waals surface area contributed by atoms with Gasteiger partial charge < -0.3 is 36.6 Å². The Hall–Kier alpha value is -3.22. The Balaban J connectivity index is 5.63. The molecule has 13 nitrogen and oxygen atoms in total. The van der Waals surface area contributed by atoms with Crippen molar-refractivity contribution >= 4 is 35.6 Å². The van der Waals surface area contributed by atoms with Gasteiger partial charge in [0.2, 0.25) is 23.6 Å². The maximum atomic E-state index is 13.5. The third kappa shape index (κ3) is 21.8. The van der Waals surface area contributed by atoms with Gasteiger partial charge in [0.05, 0.1) is 12.5 Å². The van der Waals surface area contributed by atoms with E-state index in [1.807, 2.05) is 41.5 Å². The number of amides is 4. The Morgan fingerprint density at radius 2 is 0.980 bits per heavy atom. The predicted molar refractivity (Wildman–Crippen MR) is 193 cm³/mol. The SMILES string of the molecule is CCC(C)CC(C)CCCCC(O)CC(=O)NC(CC(C)C)C(=O)NC(CCC(=O)O)C(=O)NC(CC(C)C)C(=O)NC(CC(C)C)C(=O)O. The van der Waals surface area contributed by atoms with Gasteiger partial charge in [-0.3, -0.25) is 24.0 Å². The Morgan fingerprint density at radius 3 is 1.46 bits per heavy atom. The number of carbonyl (C=O) groups excluding carboxylic acids is 4. The summed E-state index contributed by atoms with van der Waals surface area (Å²) in [6, 6.07) is -4.72. The molecular weight excluding hydrogens is 644 g/mol. The molecule has 13 heteroatoms. The number of rotatable bonds is 27.